The number of rotatable bonds is 3. The van der Waals surface area contributed by atoms with E-state index in [2.05, 4.69) is 9.72 Å². The van der Waals surface area contributed by atoms with Gasteiger partial charge in [0.2, 0.25) is 0 Å². The average Bonchev–Trinajstić information content (AvgIpc) is 2.52. The minimum absolute atomic E-state index is 0.0250. The molecule has 13 heavy (non-hydrogen) atoms. The molecule has 0 aliphatic heterocycles. The fraction of sp³-hybridized carbons (Fsp3) is 0.250. The Kier molecular flexibility index (Phi) is 2.69. The van der Waals surface area contributed by atoms with Crippen molar-refractivity contribution in [3.8, 4) is 0 Å². The van der Waals surface area contributed by atoms with Crippen molar-refractivity contribution in [3.05, 3.63) is 23.5 Å². The first-order valence-electron chi connectivity index (χ1n) is 3.74. The van der Waals surface area contributed by atoms with Gasteiger partial charge >= 0.3 is 11.9 Å². The number of aromatic carboxylic acids is 1. The van der Waals surface area contributed by atoms with E-state index in [0.717, 1.165) is 0 Å². The second-order valence-corrected chi connectivity index (χ2v) is 2.31. The molecular weight excluding hydrogens is 174 g/mol. The highest BCUT2D eigenvalue weighted by molar-refractivity contribution is 5.91. The van der Waals surface area contributed by atoms with E-state index >= 15 is 0 Å². The topological polar surface area (TPSA) is 79.4 Å². The molecule has 2 N–H and O–H groups in total. The summed E-state index contributed by atoms with van der Waals surface area (Å²) in [7, 11) is 0. The van der Waals surface area contributed by atoms with Gasteiger partial charge in [-0.15, -0.1) is 0 Å². The Morgan fingerprint density at radius 1 is 1.46 bits per heavy atom. The molecular formula is C8H9NO4. The summed E-state index contributed by atoms with van der Waals surface area (Å²) in [5.41, 5.74) is 0.127. The zero-order valence-corrected chi connectivity index (χ0v) is 7.03. The van der Waals surface area contributed by atoms with Gasteiger partial charge in [0.1, 0.15) is 11.4 Å². The number of carboxylic acids is 1. The number of hydrogen-bond donors (Lipinski definition) is 2. The molecule has 1 rings (SSSR count). The normalized spacial score (nSPS) is 9.62. The molecule has 5 heteroatoms. The molecule has 0 aliphatic carbocycles. The molecule has 1 aromatic rings. The first-order valence-corrected chi connectivity index (χ1v) is 3.74. The van der Waals surface area contributed by atoms with Gasteiger partial charge in [0.15, 0.2) is 0 Å². The van der Waals surface area contributed by atoms with Crippen LogP contribution in [0.25, 0.3) is 0 Å². The van der Waals surface area contributed by atoms with Crippen LogP contribution in [0, 0.1) is 0 Å². The van der Waals surface area contributed by atoms with Gasteiger partial charge in [-0.1, -0.05) is 0 Å². The summed E-state index contributed by atoms with van der Waals surface area (Å²) in [5.74, 6) is -1.65. The number of esters is 1. The lowest BCUT2D eigenvalue weighted by molar-refractivity contribution is 0.0520. The van der Waals surface area contributed by atoms with Gasteiger partial charge in [0.25, 0.3) is 0 Å². The highest BCUT2D eigenvalue weighted by atomic mass is 16.5. The molecule has 1 aromatic heterocycles. The average molecular weight is 183 g/mol. The third-order valence-corrected chi connectivity index (χ3v) is 1.41. The number of carbonyl (C=O) groups excluding carboxylic acids is 1. The summed E-state index contributed by atoms with van der Waals surface area (Å²) in [4.78, 5) is 23.9. The van der Waals surface area contributed by atoms with E-state index in [1.54, 1.807) is 6.92 Å². The van der Waals surface area contributed by atoms with E-state index < -0.39 is 11.9 Å². The SMILES string of the molecule is CCOC(=O)c1ccc(C(=O)O)[nH]1. The van der Waals surface area contributed by atoms with E-state index in [-0.39, 0.29) is 18.0 Å². The molecule has 0 atom stereocenters. The molecule has 0 radical (unpaired) electrons. The van der Waals surface area contributed by atoms with Crippen molar-refractivity contribution in [2.24, 2.45) is 0 Å². The summed E-state index contributed by atoms with van der Waals surface area (Å²) in [5, 5.41) is 8.53. The van der Waals surface area contributed by atoms with Crippen LogP contribution in [0.4, 0.5) is 0 Å². The first kappa shape index (κ1) is 9.31. The van der Waals surface area contributed by atoms with Crippen LogP contribution in [0.1, 0.15) is 27.9 Å². The van der Waals surface area contributed by atoms with Crippen molar-refractivity contribution in [1.82, 2.24) is 4.98 Å². The Morgan fingerprint density at radius 2 is 2.08 bits per heavy atom. The zero-order chi connectivity index (χ0) is 9.84. The zero-order valence-electron chi connectivity index (χ0n) is 7.03. The van der Waals surface area contributed by atoms with Crippen LogP contribution in [0.5, 0.6) is 0 Å². The number of carboxylic acid groups (broad SMARTS) is 1. The summed E-state index contributed by atoms with van der Waals surface area (Å²) in [6.45, 7) is 1.94. The van der Waals surface area contributed by atoms with Crippen molar-refractivity contribution in [2.45, 2.75) is 6.92 Å². The van der Waals surface area contributed by atoms with Crippen molar-refractivity contribution in [2.75, 3.05) is 6.61 Å². The van der Waals surface area contributed by atoms with Gasteiger partial charge < -0.3 is 14.8 Å². The van der Waals surface area contributed by atoms with Crippen LogP contribution < -0.4 is 0 Å². The van der Waals surface area contributed by atoms with Crippen molar-refractivity contribution in [1.29, 1.82) is 0 Å². The van der Waals surface area contributed by atoms with E-state index in [4.69, 9.17) is 5.11 Å². The number of ether oxygens (including phenoxy) is 1. The number of aromatic nitrogens is 1. The minimum Gasteiger partial charge on any atom is -0.477 e. The third-order valence-electron chi connectivity index (χ3n) is 1.41. The van der Waals surface area contributed by atoms with Gasteiger partial charge in [0.05, 0.1) is 6.61 Å². The van der Waals surface area contributed by atoms with Gasteiger partial charge in [-0.2, -0.15) is 0 Å². The first-order chi connectivity index (χ1) is 6.15. The molecule has 1 heterocycles. The Labute approximate surface area is 74.3 Å². The second-order valence-electron chi connectivity index (χ2n) is 2.31. The number of H-pyrrole nitrogens is 1. The third kappa shape index (κ3) is 2.08. The number of aromatic amines is 1. The molecule has 70 valence electrons. The summed E-state index contributed by atoms with van der Waals surface area (Å²) in [6, 6.07) is 2.69. The predicted octanol–water partition coefficient (Wildman–Crippen LogP) is 0.890. The van der Waals surface area contributed by atoms with Crippen LogP contribution in [0.3, 0.4) is 0 Å². The maximum absolute atomic E-state index is 11.0. The fourth-order valence-electron chi connectivity index (χ4n) is 0.848. The lowest BCUT2D eigenvalue weighted by atomic mass is 10.4. The van der Waals surface area contributed by atoms with E-state index in [0.29, 0.717) is 0 Å². The van der Waals surface area contributed by atoms with Crippen molar-refractivity contribution < 1.29 is 19.4 Å². The highest BCUT2D eigenvalue weighted by Crippen LogP contribution is 2.03. The molecule has 0 unspecified atom stereocenters. The molecule has 0 saturated carbocycles. The lowest BCUT2D eigenvalue weighted by Crippen LogP contribution is -2.06. The maximum atomic E-state index is 11.0. The summed E-state index contributed by atoms with van der Waals surface area (Å²) < 4.78 is 4.66. The Hall–Kier alpha value is -1.78. The smallest absolute Gasteiger partial charge is 0.354 e. The Morgan fingerprint density at radius 3 is 2.54 bits per heavy atom. The van der Waals surface area contributed by atoms with Crippen LogP contribution in [0.2, 0.25) is 0 Å². The molecule has 0 aromatic carbocycles. The minimum atomic E-state index is -1.10. The Balaban J connectivity index is 2.79. The Bertz CT molecular complexity index is 329. The standard InChI is InChI=1S/C8H9NO4/c1-2-13-8(12)6-4-3-5(9-6)7(10)11/h3-4,9H,2H2,1H3,(H,10,11). The highest BCUT2D eigenvalue weighted by Gasteiger charge is 2.11. The van der Waals surface area contributed by atoms with Crippen LogP contribution in [0.15, 0.2) is 12.1 Å². The van der Waals surface area contributed by atoms with Gasteiger partial charge in [-0.3, -0.25) is 0 Å². The quantitative estimate of drug-likeness (QED) is 0.682. The van der Waals surface area contributed by atoms with Crippen LogP contribution in [-0.4, -0.2) is 28.6 Å². The molecule has 0 spiro atoms. The molecule has 5 nitrogen and oxygen atoms in total. The lowest BCUT2D eigenvalue weighted by Gasteiger charge is -1.97. The molecule has 0 aliphatic rings. The largest absolute Gasteiger partial charge is 0.477 e. The van der Waals surface area contributed by atoms with Crippen molar-refractivity contribution >= 4 is 11.9 Å². The summed E-state index contributed by atoms with van der Waals surface area (Å²) in [6.07, 6.45) is 0. The van der Waals surface area contributed by atoms with E-state index in [1.807, 2.05) is 0 Å². The molecule has 0 saturated heterocycles. The summed E-state index contributed by atoms with van der Waals surface area (Å²) >= 11 is 0. The fourth-order valence-corrected chi connectivity index (χ4v) is 0.848. The van der Waals surface area contributed by atoms with Crippen molar-refractivity contribution in [3.63, 3.8) is 0 Å². The monoisotopic (exact) mass is 183 g/mol. The van der Waals surface area contributed by atoms with Crippen LogP contribution >= 0.6 is 0 Å². The number of hydrogen-bond acceptors (Lipinski definition) is 3. The number of nitrogens with one attached hydrogen (secondary N) is 1. The molecule has 0 bridgehead atoms. The van der Waals surface area contributed by atoms with E-state index in [1.165, 1.54) is 12.1 Å². The molecule has 0 amide bonds. The van der Waals surface area contributed by atoms with E-state index in [9.17, 15) is 9.59 Å². The van der Waals surface area contributed by atoms with Gasteiger partial charge in [-0.05, 0) is 19.1 Å². The molecule has 0 fully saturated rings. The van der Waals surface area contributed by atoms with Gasteiger partial charge in [-0.25, -0.2) is 9.59 Å². The second kappa shape index (κ2) is 3.75. The van der Waals surface area contributed by atoms with Gasteiger partial charge in [0, 0.05) is 0 Å². The predicted molar refractivity (Wildman–Crippen MR) is 43.7 cm³/mol. The van der Waals surface area contributed by atoms with Crippen LogP contribution in [-0.2, 0) is 4.74 Å². The number of carbonyl (C=O) groups is 2. The maximum Gasteiger partial charge on any atom is 0.354 e.